The Bertz CT molecular complexity index is 718. The molecule has 140 valence electrons. The van der Waals surface area contributed by atoms with Gasteiger partial charge in [0.15, 0.2) is 14.7 Å². The Labute approximate surface area is 150 Å². The molecule has 3 aromatic rings. The van der Waals surface area contributed by atoms with Gasteiger partial charge in [-0.3, -0.25) is 14.1 Å². The van der Waals surface area contributed by atoms with Crippen LogP contribution in [0.4, 0.5) is 27.3 Å². The molecule has 0 N–H and O–H groups in total. The van der Waals surface area contributed by atoms with Crippen LogP contribution in [0.25, 0.3) is 0 Å². The Balaban J connectivity index is 0.00000208. The third kappa shape index (κ3) is 5.29. The van der Waals surface area contributed by atoms with Crippen molar-refractivity contribution in [3.8, 4) is 0 Å². The summed E-state index contributed by atoms with van der Waals surface area (Å²) < 4.78 is 38.3. The van der Waals surface area contributed by atoms with Crippen LogP contribution in [0.15, 0.2) is 99.6 Å². The first kappa shape index (κ1) is 23.6. The zero-order chi connectivity index (χ0) is 16.3. The van der Waals surface area contributed by atoms with E-state index in [1.54, 1.807) is 12.1 Å². The van der Waals surface area contributed by atoms with Crippen LogP contribution in [-0.4, -0.2) is 0 Å². The maximum absolute atomic E-state index is 12.8. The van der Waals surface area contributed by atoms with E-state index in [1.807, 2.05) is 60.7 Å². The summed E-state index contributed by atoms with van der Waals surface area (Å²) in [6, 6.07) is 25.1. The van der Waals surface area contributed by atoms with Gasteiger partial charge in [0.25, 0.3) is 0 Å². The van der Waals surface area contributed by atoms with Crippen molar-refractivity contribution in [1.29, 1.82) is 0 Å². The minimum Gasteiger partial charge on any atom is -0.269 e. The van der Waals surface area contributed by atoms with Gasteiger partial charge in [0.2, 0.25) is 0 Å². The standard InChI is InChI=1S/C19H14F3S.3FH/c20-19(21,22)15-11-13-18(14-12-15)23(16-7-3-1-4-8-16)17-9-5-2-6-10-17;;;/h1-14H;3*1H/q+1;;;. The van der Waals surface area contributed by atoms with Gasteiger partial charge in [0.1, 0.15) is 0 Å². The van der Waals surface area contributed by atoms with Crippen LogP contribution < -0.4 is 0 Å². The van der Waals surface area contributed by atoms with Gasteiger partial charge in [-0.2, -0.15) is 13.2 Å². The summed E-state index contributed by atoms with van der Waals surface area (Å²) in [4.78, 5) is 3.03. The second kappa shape index (κ2) is 9.91. The lowest BCUT2D eigenvalue weighted by Crippen LogP contribution is -2.07. The Kier molecular flexibility index (Phi) is 9.00. The summed E-state index contributed by atoms with van der Waals surface area (Å²) in [5, 5.41) is 0. The third-order valence-corrected chi connectivity index (χ3v) is 5.61. The summed E-state index contributed by atoms with van der Waals surface area (Å²) in [5.41, 5.74) is -0.620. The van der Waals surface area contributed by atoms with E-state index in [2.05, 4.69) is 0 Å². The molecule has 0 radical (unpaired) electrons. The minimum absolute atomic E-state index is 0. The highest BCUT2D eigenvalue weighted by molar-refractivity contribution is 7.97. The predicted octanol–water partition coefficient (Wildman–Crippen LogP) is 6.26. The van der Waals surface area contributed by atoms with E-state index in [1.165, 1.54) is 0 Å². The van der Waals surface area contributed by atoms with E-state index in [4.69, 9.17) is 0 Å². The lowest BCUT2D eigenvalue weighted by atomic mass is 10.2. The molecule has 7 heteroatoms. The Hall–Kier alpha value is -2.41. The zero-order valence-corrected chi connectivity index (χ0v) is 14.2. The van der Waals surface area contributed by atoms with E-state index in [9.17, 15) is 13.2 Å². The summed E-state index contributed by atoms with van der Waals surface area (Å²) >= 11 is 0. The second-order valence-corrected chi connectivity index (χ2v) is 6.98. The number of alkyl halides is 3. The summed E-state index contributed by atoms with van der Waals surface area (Å²) in [5.74, 6) is 0. The van der Waals surface area contributed by atoms with E-state index in [0.717, 1.165) is 26.8 Å². The molecule has 26 heavy (non-hydrogen) atoms. The molecule has 0 spiro atoms. The topological polar surface area (TPSA) is 0 Å². The van der Waals surface area contributed by atoms with E-state index in [-0.39, 0.29) is 14.1 Å². The first-order valence-electron chi connectivity index (χ1n) is 7.07. The highest BCUT2D eigenvalue weighted by Crippen LogP contribution is 2.34. The molecule has 0 aliphatic rings. The number of benzene rings is 3. The van der Waals surface area contributed by atoms with Crippen molar-refractivity contribution in [2.45, 2.75) is 20.9 Å². The average Bonchev–Trinajstić information content (AvgIpc) is 2.57. The largest absolute Gasteiger partial charge is 0.416 e. The van der Waals surface area contributed by atoms with Crippen LogP contribution >= 0.6 is 0 Å². The SMILES string of the molecule is F.F.F.FC(F)(F)c1ccc([S+](c2ccccc2)c2ccccc2)cc1. The molecule has 0 nitrogen and oxygen atoms in total. The lowest BCUT2D eigenvalue weighted by molar-refractivity contribution is -0.137. The number of rotatable bonds is 3. The van der Waals surface area contributed by atoms with E-state index >= 15 is 0 Å². The Morgan fingerprint density at radius 2 is 0.846 bits per heavy atom. The fourth-order valence-corrected chi connectivity index (χ4v) is 4.38. The van der Waals surface area contributed by atoms with Gasteiger partial charge in [-0.1, -0.05) is 36.4 Å². The quantitative estimate of drug-likeness (QED) is 0.365. The second-order valence-electron chi connectivity index (χ2n) is 4.95. The van der Waals surface area contributed by atoms with Crippen molar-refractivity contribution < 1.29 is 27.3 Å². The number of hydrogen-bond donors (Lipinski definition) is 0. The van der Waals surface area contributed by atoms with Crippen molar-refractivity contribution in [1.82, 2.24) is 0 Å². The molecule has 0 aromatic heterocycles. The third-order valence-electron chi connectivity index (χ3n) is 3.38. The summed E-state index contributed by atoms with van der Waals surface area (Å²) in [6.07, 6.45) is -4.31. The van der Waals surface area contributed by atoms with Gasteiger partial charge in [-0.25, -0.2) is 0 Å². The Morgan fingerprint density at radius 1 is 0.500 bits per heavy atom. The van der Waals surface area contributed by atoms with Crippen molar-refractivity contribution in [2.24, 2.45) is 0 Å². The van der Waals surface area contributed by atoms with Crippen LogP contribution in [0.1, 0.15) is 5.56 Å². The van der Waals surface area contributed by atoms with Gasteiger partial charge in [-0.05, 0) is 48.5 Å². The van der Waals surface area contributed by atoms with Gasteiger partial charge in [-0.15, -0.1) is 0 Å². The Morgan fingerprint density at radius 3 is 1.19 bits per heavy atom. The van der Waals surface area contributed by atoms with Crippen LogP contribution in [0.5, 0.6) is 0 Å². The monoisotopic (exact) mass is 391 g/mol. The molecular weight excluding hydrogens is 374 g/mol. The van der Waals surface area contributed by atoms with Crippen LogP contribution in [0, 0.1) is 0 Å². The van der Waals surface area contributed by atoms with Gasteiger partial charge >= 0.3 is 6.18 Å². The predicted molar refractivity (Wildman–Crippen MR) is 94.0 cm³/mol. The number of hydrogen-bond acceptors (Lipinski definition) is 0. The van der Waals surface area contributed by atoms with Crippen molar-refractivity contribution in [3.05, 3.63) is 90.5 Å². The maximum atomic E-state index is 12.8. The smallest absolute Gasteiger partial charge is 0.269 e. The molecule has 3 aromatic carbocycles. The average molecular weight is 391 g/mol. The van der Waals surface area contributed by atoms with E-state index < -0.39 is 22.6 Å². The zero-order valence-electron chi connectivity index (χ0n) is 13.3. The fourth-order valence-electron chi connectivity index (χ4n) is 2.30. The maximum Gasteiger partial charge on any atom is 0.416 e. The molecule has 0 saturated heterocycles. The normalized spacial score (nSPS) is 10.3. The first-order valence-corrected chi connectivity index (χ1v) is 8.30. The molecule has 0 saturated carbocycles. The van der Waals surface area contributed by atoms with Gasteiger partial charge in [0.05, 0.1) is 16.5 Å². The van der Waals surface area contributed by atoms with Gasteiger partial charge in [0, 0.05) is 0 Å². The molecule has 0 bridgehead atoms. The van der Waals surface area contributed by atoms with Gasteiger partial charge < -0.3 is 0 Å². The van der Waals surface area contributed by atoms with Crippen LogP contribution in [0.3, 0.4) is 0 Å². The highest BCUT2D eigenvalue weighted by Gasteiger charge is 2.33. The molecule has 0 aliphatic carbocycles. The highest BCUT2D eigenvalue weighted by atomic mass is 32.2. The van der Waals surface area contributed by atoms with Crippen molar-refractivity contribution in [3.63, 3.8) is 0 Å². The lowest BCUT2D eigenvalue weighted by Gasteiger charge is -2.10. The van der Waals surface area contributed by atoms with Crippen LogP contribution in [0.2, 0.25) is 0 Å². The summed E-state index contributed by atoms with van der Waals surface area (Å²) in [6.45, 7) is 0. The van der Waals surface area contributed by atoms with E-state index in [0.29, 0.717) is 0 Å². The molecule has 0 amide bonds. The molecular formula is C19H17F6S+. The van der Waals surface area contributed by atoms with Crippen molar-refractivity contribution >= 4 is 10.9 Å². The fraction of sp³-hybridized carbons (Fsp3) is 0.0526. The minimum atomic E-state index is -4.31. The molecule has 3 rings (SSSR count). The molecule has 0 heterocycles. The molecule has 0 atom stereocenters. The van der Waals surface area contributed by atoms with Crippen molar-refractivity contribution in [2.75, 3.05) is 0 Å². The molecule has 0 fully saturated rings. The molecule has 0 aliphatic heterocycles. The molecule has 0 unspecified atom stereocenters. The van der Waals surface area contributed by atoms with Crippen LogP contribution in [-0.2, 0) is 17.1 Å². The number of halogens is 6. The first-order chi connectivity index (χ1) is 11.1. The summed E-state index contributed by atoms with van der Waals surface area (Å²) in [7, 11) is -0.417.